The van der Waals surface area contributed by atoms with Crippen LogP contribution in [0.4, 0.5) is 0 Å². The van der Waals surface area contributed by atoms with Gasteiger partial charge in [-0.1, -0.05) is 25.5 Å². The molecule has 0 bridgehead atoms. The third-order valence-corrected chi connectivity index (χ3v) is 4.11. The molecule has 2 aliphatic rings. The minimum atomic E-state index is 0.308. The summed E-state index contributed by atoms with van der Waals surface area (Å²) in [5.41, 5.74) is 5.90. The minimum Gasteiger partial charge on any atom is -0.494 e. The zero-order chi connectivity index (χ0) is 13.8. The Bertz CT molecular complexity index is 469. The van der Waals surface area contributed by atoms with Crippen LogP contribution >= 0.6 is 0 Å². The Morgan fingerprint density at radius 3 is 2.95 bits per heavy atom. The SMILES string of the molecule is CCCCOc1ccc(C2NN=C3CCNCC32)cc1. The first kappa shape index (κ1) is 13.4. The lowest BCUT2D eigenvalue weighted by atomic mass is 9.87. The number of piperidine rings is 1. The largest absolute Gasteiger partial charge is 0.494 e. The molecule has 1 aromatic carbocycles. The predicted molar refractivity (Wildman–Crippen MR) is 81.1 cm³/mol. The van der Waals surface area contributed by atoms with Gasteiger partial charge in [0.1, 0.15) is 5.75 Å². The fourth-order valence-electron chi connectivity index (χ4n) is 2.88. The molecule has 1 aromatic rings. The van der Waals surface area contributed by atoms with Gasteiger partial charge in [0.15, 0.2) is 0 Å². The summed E-state index contributed by atoms with van der Waals surface area (Å²) in [6.07, 6.45) is 3.34. The summed E-state index contributed by atoms with van der Waals surface area (Å²) in [6.45, 7) is 5.05. The summed E-state index contributed by atoms with van der Waals surface area (Å²) in [7, 11) is 0. The van der Waals surface area contributed by atoms with Crippen LogP contribution in [0.15, 0.2) is 29.4 Å². The molecule has 0 aromatic heterocycles. The lowest BCUT2D eigenvalue weighted by molar-refractivity contribution is 0.309. The van der Waals surface area contributed by atoms with E-state index in [1.807, 2.05) is 0 Å². The van der Waals surface area contributed by atoms with E-state index in [1.165, 1.54) is 17.7 Å². The van der Waals surface area contributed by atoms with Gasteiger partial charge in [0.25, 0.3) is 0 Å². The molecule has 2 atom stereocenters. The molecule has 0 amide bonds. The molecule has 4 nitrogen and oxygen atoms in total. The average molecular weight is 273 g/mol. The molecule has 0 radical (unpaired) electrons. The van der Waals surface area contributed by atoms with E-state index < -0.39 is 0 Å². The highest BCUT2D eigenvalue weighted by Gasteiger charge is 2.33. The number of ether oxygens (including phenoxy) is 1. The number of fused-ring (bicyclic) bond motifs is 1. The second kappa shape index (κ2) is 6.27. The lowest BCUT2D eigenvalue weighted by Gasteiger charge is -2.25. The van der Waals surface area contributed by atoms with Crippen LogP contribution in [-0.2, 0) is 0 Å². The van der Waals surface area contributed by atoms with E-state index in [2.05, 4.69) is 47.0 Å². The molecule has 2 aliphatic heterocycles. The van der Waals surface area contributed by atoms with Gasteiger partial charge in [-0.2, -0.15) is 5.10 Å². The van der Waals surface area contributed by atoms with Crippen LogP contribution in [0.3, 0.4) is 0 Å². The van der Waals surface area contributed by atoms with Gasteiger partial charge in [-0.15, -0.1) is 0 Å². The van der Waals surface area contributed by atoms with Crippen molar-refractivity contribution >= 4 is 5.71 Å². The highest BCUT2D eigenvalue weighted by molar-refractivity contribution is 5.89. The van der Waals surface area contributed by atoms with E-state index in [0.29, 0.717) is 12.0 Å². The van der Waals surface area contributed by atoms with Crippen LogP contribution in [0.25, 0.3) is 0 Å². The number of hydrazone groups is 1. The molecule has 20 heavy (non-hydrogen) atoms. The molecule has 0 aliphatic carbocycles. The number of unbranched alkanes of at least 4 members (excludes halogenated alkanes) is 1. The fourth-order valence-corrected chi connectivity index (χ4v) is 2.88. The zero-order valence-electron chi connectivity index (χ0n) is 12.1. The van der Waals surface area contributed by atoms with Crippen LogP contribution < -0.4 is 15.5 Å². The summed E-state index contributed by atoms with van der Waals surface area (Å²) in [6, 6.07) is 8.77. The Morgan fingerprint density at radius 2 is 2.15 bits per heavy atom. The number of benzene rings is 1. The van der Waals surface area contributed by atoms with Crippen LogP contribution in [0.5, 0.6) is 5.75 Å². The van der Waals surface area contributed by atoms with Gasteiger partial charge in [-0.05, 0) is 24.1 Å². The Morgan fingerprint density at radius 1 is 1.30 bits per heavy atom. The Labute approximate surface area is 120 Å². The third-order valence-electron chi connectivity index (χ3n) is 4.11. The number of rotatable bonds is 5. The predicted octanol–water partition coefficient (Wildman–Crippen LogP) is 2.48. The highest BCUT2D eigenvalue weighted by Crippen LogP contribution is 2.31. The maximum Gasteiger partial charge on any atom is 0.119 e. The summed E-state index contributed by atoms with van der Waals surface area (Å²) >= 11 is 0. The fraction of sp³-hybridized carbons (Fsp3) is 0.562. The third kappa shape index (κ3) is 2.80. The molecule has 2 N–H and O–H groups in total. The van der Waals surface area contributed by atoms with Crippen molar-refractivity contribution in [2.75, 3.05) is 19.7 Å². The van der Waals surface area contributed by atoms with E-state index in [1.54, 1.807) is 0 Å². The van der Waals surface area contributed by atoms with E-state index in [0.717, 1.165) is 38.3 Å². The monoisotopic (exact) mass is 273 g/mol. The summed E-state index contributed by atoms with van der Waals surface area (Å²) in [5, 5.41) is 7.95. The van der Waals surface area contributed by atoms with Gasteiger partial charge < -0.3 is 15.5 Å². The van der Waals surface area contributed by atoms with Crippen molar-refractivity contribution in [3.05, 3.63) is 29.8 Å². The molecular formula is C16H23N3O. The standard InChI is InChI=1S/C16H23N3O/c1-2-3-10-20-13-6-4-12(5-7-13)16-14-11-17-9-8-15(14)18-19-16/h4-7,14,16-17,19H,2-3,8-11H2,1H3. The number of hydrogen-bond acceptors (Lipinski definition) is 4. The Kier molecular flexibility index (Phi) is 4.21. The van der Waals surface area contributed by atoms with Crippen molar-refractivity contribution in [3.63, 3.8) is 0 Å². The molecule has 0 spiro atoms. The number of nitrogens with one attached hydrogen (secondary N) is 2. The highest BCUT2D eigenvalue weighted by atomic mass is 16.5. The minimum absolute atomic E-state index is 0.308. The van der Waals surface area contributed by atoms with E-state index in [-0.39, 0.29) is 0 Å². The molecule has 1 fully saturated rings. The van der Waals surface area contributed by atoms with Crippen LogP contribution in [0.2, 0.25) is 0 Å². The molecule has 2 heterocycles. The van der Waals surface area contributed by atoms with Crippen molar-refractivity contribution < 1.29 is 4.74 Å². The molecule has 0 saturated carbocycles. The summed E-state index contributed by atoms with van der Waals surface area (Å²) in [4.78, 5) is 0. The maximum atomic E-state index is 5.71. The van der Waals surface area contributed by atoms with Gasteiger partial charge >= 0.3 is 0 Å². The summed E-state index contributed by atoms with van der Waals surface area (Å²) in [5.74, 6) is 1.46. The zero-order valence-corrected chi connectivity index (χ0v) is 12.1. The van der Waals surface area contributed by atoms with Gasteiger partial charge in [-0.25, -0.2) is 0 Å². The topological polar surface area (TPSA) is 45.6 Å². The Balaban J connectivity index is 1.63. The number of hydrogen-bond donors (Lipinski definition) is 2. The molecule has 2 unspecified atom stereocenters. The van der Waals surface area contributed by atoms with Gasteiger partial charge in [0.2, 0.25) is 0 Å². The number of nitrogens with zero attached hydrogens (tertiary/aromatic N) is 1. The maximum absolute atomic E-state index is 5.71. The Hall–Kier alpha value is -1.55. The lowest BCUT2D eigenvalue weighted by Crippen LogP contribution is -2.38. The van der Waals surface area contributed by atoms with E-state index in [9.17, 15) is 0 Å². The van der Waals surface area contributed by atoms with Crippen LogP contribution in [0.1, 0.15) is 37.8 Å². The van der Waals surface area contributed by atoms with Crippen molar-refractivity contribution in [1.82, 2.24) is 10.7 Å². The molecular weight excluding hydrogens is 250 g/mol. The van der Waals surface area contributed by atoms with E-state index in [4.69, 9.17) is 4.74 Å². The quantitative estimate of drug-likeness (QED) is 0.810. The first-order chi connectivity index (χ1) is 9.88. The van der Waals surface area contributed by atoms with Crippen LogP contribution in [-0.4, -0.2) is 25.4 Å². The van der Waals surface area contributed by atoms with Crippen LogP contribution in [0, 0.1) is 5.92 Å². The van der Waals surface area contributed by atoms with Gasteiger partial charge in [0, 0.05) is 31.1 Å². The second-order valence-corrected chi connectivity index (χ2v) is 5.54. The smallest absolute Gasteiger partial charge is 0.119 e. The first-order valence-corrected chi connectivity index (χ1v) is 7.64. The average Bonchev–Trinajstić information content (AvgIpc) is 2.92. The van der Waals surface area contributed by atoms with Crippen molar-refractivity contribution in [2.24, 2.45) is 11.0 Å². The first-order valence-electron chi connectivity index (χ1n) is 7.64. The van der Waals surface area contributed by atoms with Crippen molar-refractivity contribution in [1.29, 1.82) is 0 Å². The normalized spacial score (nSPS) is 24.8. The van der Waals surface area contributed by atoms with Crippen molar-refractivity contribution in [3.8, 4) is 5.75 Å². The molecule has 108 valence electrons. The second-order valence-electron chi connectivity index (χ2n) is 5.54. The summed E-state index contributed by atoms with van der Waals surface area (Å²) < 4.78 is 5.71. The van der Waals surface area contributed by atoms with E-state index >= 15 is 0 Å². The van der Waals surface area contributed by atoms with Crippen molar-refractivity contribution in [2.45, 2.75) is 32.2 Å². The molecule has 3 rings (SSSR count). The van der Waals surface area contributed by atoms with Gasteiger partial charge in [0.05, 0.1) is 12.6 Å². The molecule has 1 saturated heterocycles. The molecule has 4 heteroatoms. The van der Waals surface area contributed by atoms with Gasteiger partial charge in [-0.3, -0.25) is 0 Å².